The van der Waals surface area contributed by atoms with Gasteiger partial charge in [0, 0.05) is 12.6 Å². The van der Waals surface area contributed by atoms with E-state index in [1.54, 1.807) is 12.1 Å². The Morgan fingerprint density at radius 3 is 2.94 bits per heavy atom. The van der Waals surface area contributed by atoms with Crippen LogP contribution in [-0.2, 0) is 0 Å². The highest BCUT2D eigenvalue weighted by atomic mass is 35.5. The first-order valence-electron chi connectivity index (χ1n) is 5.53. The van der Waals surface area contributed by atoms with Crippen LogP contribution >= 0.6 is 11.6 Å². The van der Waals surface area contributed by atoms with Crippen LogP contribution in [0.4, 0.5) is 0 Å². The lowest BCUT2D eigenvalue weighted by molar-refractivity contribution is 0.0931. The molecule has 1 atom stereocenters. The molecule has 1 saturated heterocycles. The van der Waals surface area contributed by atoms with E-state index < -0.39 is 0 Å². The monoisotopic (exact) mass is 238 g/mol. The van der Waals surface area contributed by atoms with E-state index in [0.29, 0.717) is 10.6 Å². The van der Waals surface area contributed by atoms with Crippen LogP contribution in [0, 0.1) is 0 Å². The molecule has 2 N–H and O–H groups in total. The molecule has 3 nitrogen and oxygen atoms in total. The van der Waals surface area contributed by atoms with Gasteiger partial charge in [-0.1, -0.05) is 23.7 Å². The molecular weight excluding hydrogens is 224 g/mol. The molecule has 1 aliphatic rings. The van der Waals surface area contributed by atoms with Crippen molar-refractivity contribution in [1.29, 1.82) is 0 Å². The third-order valence-electron chi connectivity index (χ3n) is 2.75. The minimum absolute atomic E-state index is 0.0840. The number of piperidine rings is 1. The first-order valence-corrected chi connectivity index (χ1v) is 5.91. The number of carbonyl (C=O) groups is 1. The first-order chi connectivity index (χ1) is 7.77. The number of carbonyl (C=O) groups excluding carboxylic acids is 1. The predicted octanol–water partition coefficient (Wildman–Crippen LogP) is 1.82. The normalized spacial score (nSPS) is 20.4. The van der Waals surface area contributed by atoms with E-state index in [4.69, 9.17) is 11.6 Å². The summed E-state index contributed by atoms with van der Waals surface area (Å²) in [6.07, 6.45) is 2.14. The Morgan fingerprint density at radius 2 is 2.25 bits per heavy atom. The molecule has 0 aromatic heterocycles. The Kier molecular flexibility index (Phi) is 3.80. The van der Waals surface area contributed by atoms with Gasteiger partial charge in [-0.25, -0.2) is 0 Å². The van der Waals surface area contributed by atoms with Crippen molar-refractivity contribution < 1.29 is 4.79 Å². The maximum absolute atomic E-state index is 11.9. The number of halogens is 1. The molecule has 0 aliphatic carbocycles. The SMILES string of the molecule is O=C(NC1CCCNC1)c1ccccc1Cl. The fraction of sp³-hybridized carbons (Fsp3) is 0.417. The zero-order valence-corrected chi connectivity index (χ0v) is 9.76. The summed E-state index contributed by atoms with van der Waals surface area (Å²) >= 11 is 5.96. The second kappa shape index (κ2) is 5.32. The minimum Gasteiger partial charge on any atom is -0.348 e. The van der Waals surface area contributed by atoms with E-state index in [1.165, 1.54) is 0 Å². The van der Waals surface area contributed by atoms with E-state index in [-0.39, 0.29) is 11.9 Å². The molecule has 1 aliphatic heterocycles. The maximum atomic E-state index is 11.9. The fourth-order valence-corrected chi connectivity index (χ4v) is 2.11. The van der Waals surface area contributed by atoms with E-state index in [2.05, 4.69) is 10.6 Å². The molecule has 4 heteroatoms. The number of benzene rings is 1. The van der Waals surface area contributed by atoms with Gasteiger partial charge in [0.2, 0.25) is 0 Å². The third-order valence-corrected chi connectivity index (χ3v) is 3.08. The lowest BCUT2D eigenvalue weighted by Crippen LogP contribution is -2.45. The van der Waals surface area contributed by atoms with Gasteiger partial charge in [-0.05, 0) is 31.5 Å². The highest BCUT2D eigenvalue weighted by Gasteiger charge is 2.17. The molecule has 16 heavy (non-hydrogen) atoms. The molecule has 1 unspecified atom stereocenters. The number of rotatable bonds is 2. The lowest BCUT2D eigenvalue weighted by atomic mass is 10.1. The van der Waals surface area contributed by atoms with E-state index in [9.17, 15) is 4.79 Å². The van der Waals surface area contributed by atoms with Gasteiger partial charge in [0.1, 0.15) is 0 Å². The number of nitrogens with one attached hydrogen (secondary N) is 2. The van der Waals surface area contributed by atoms with Gasteiger partial charge in [-0.2, -0.15) is 0 Å². The average molecular weight is 239 g/mol. The largest absolute Gasteiger partial charge is 0.348 e. The van der Waals surface area contributed by atoms with Gasteiger partial charge in [0.25, 0.3) is 5.91 Å². The molecule has 86 valence electrons. The fourth-order valence-electron chi connectivity index (χ4n) is 1.88. The Hall–Kier alpha value is -1.06. The Labute approximate surface area is 100 Å². The summed E-state index contributed by atoms with van der Waals surface area (Å²) in [4.78, 5) is 11.9. The molecule has 0 radical (unpaired) electrons. The van der Waals surface area contributed by atoms with Crippen molar-refractivity contribution in [3.8, 4) is 0 Å². The van der Waals surface area contributed by atoms with Gasteiger partial charge in [0.05, 0.1) is 10.6 Å². The number of hydrogen-bond donors (Lipinski definition) is 2. The zero-order chi connectivity index (χ0) is 11.4. The standard InChI is InChI=1S/C12H15ClN2O/c13-11-6-2-1-5-10(11)12(16)15-9-4-3-7-14-8-9/h1-2,5-6,9,14H,3-4,7-8H2,(H,15,16). The van der Waals surface area contributed by atoms with E-state index in [1.807, 2.05) is 12.1 Å². The summed E-state index contributed by atoms with van der Waals surface area (Å²) in [5.74, 6) is -0.0840. The Balaban J connectivity index is 2.00. The van der Waals surface area contributed by atoms with Crippen molar-refractivity contribution in [2.24, 2.45) is 0 Å². The highest BCUT2D eigenvalue weighted by Crippen LogP contribution is 2.15. The van der Waals surface area contributed by atoms with Crippen molar-refractivity contribution in [3.63, 3.8) is 0 Å². The van der Waals surface area contributed by atoms with Crippen LogP contribution in [0.1, 0.15) is 23.2 Å². The van der Waals surface area contributed by atoms with Crippen molar-refractivity contribution in [1.82, 2.24) is 10.6 Å². The van der Waals surface area contributed by atoms with Crippen LogP contribution in [0.5, 0.6) is 0 Å². The molecule has 0 saturated carbocycles. The summed E-state index contributed by atoms with van der Waals surface area (Å²) < 4.78 is 0. The molecule has 0 spiro atoms. The van der Waals surface area contributed by atoms with Crippen LogP contribution in [0.15, 0.2) is 24.3 Å². The summed E-state index contributed by atoms with van der Waals surface area (Å²) in [6, 6.07) is 7.34. The van der Waals surface area contributed by atoms with Gasteiger partial charge in [-0.3, -0.25) is 4.79 Å². The molecule has 1 aromatic rings. The molecular formula is C12H15ClN2O. The van der Waals surface area contributed by atoms with E-state index in [0.717, 1.165) is 25.9 Å². The molecule has 1 amide bonds. The summed E-state index contributed by atoms with van der Waals surface area (Å²) in [6.45, 7) is 1.88. The van der Waals surface area contributed by atoms with Gasteiger partial charge < -0.3 is 10.6 Å². The first kappa shape index (κ1) is 11.4. The van der Waals surface area contributed by atoms with Crippen LogP contribution in [-0.4, -0.2) is 25.0 Å². The van der Waals surface area contributed by atoms with Gasteiger partial charge >= 0.3 is 0 Å². The van der Waals surface area contributed by atoms with Crippen LogP contribution in [0.3, 0.4) is 0 Å². The smallest absolute Gasteiger partial charge is 0.253 e. The van der Waals surface area contributed by atoms with Crippen molar-refractivity contribution in [2.75, 3.05) is 13.1 Å². The summed E-state index contributed by atoms with van der Waals surface area (Å²) in [7, 11) is 0. The topological polar surface area (TPSA) is 41.1 Å². The second-order valence-electron chi connectivity index (χ2n) is 4.00. The molecule has 2 rings (SSSR count). The molecule has 0 bridgehead atoms. The lowest BCUT2D eigenvalue weighted by Gasteiger charge is -2.23. The molecule has 1 aromatic carbocycles. The highest BCUT2D eigenvalue weighted by molar-refractivity contribution is 6.33. The Morgan fingerprint density at radius 1 is 1.44 bits per heavy atom. The average Bonchev–Trinajstić information content (AvgIpc) is 2.31. The van der Waals surface area contributed by atoms with Crippen molar-refractivity contribution in [3.05, 3.63) is 34.9 Å². The maximum Gasteiger partial charge on any atom is 0.253 e. The van der Waals surface area contributed by atoms with Gasteiger partial charge in [-0.15, -0.1) is 0 Å². The van der Waals surface area contributed by atoms with Gasteiger partial charge in [0.15, 0.2) is 0 Å². The summed E-state index contributed by atoms with van der Waals surface area (Å²) in [5, 5.41) is 6.75. The van der Waals surface area contributed by atoms with Crippen LogP contribution in [0.25, 0.3) is 0 Å². The third kappa shape index (κ3) is 2.74. The zero-order valence-electron chi connectivity index (χ0n) is 9.00. The number of amides is 1. The number of hydrogen-bond acceptors (Lipinski definition) is 2. The van der Waals surface area contributed by atoms with Crippen molar-refractivity contribution in [2.45, 2.75) is 18.9 Å². The minimum atomic E-state index is -0.0840. The molecule has 1 heterocycles. The van der Waals surface area contributed by atoms with Crippen molar-refractivity contribution >= 4 is 17.5 Å². The van der Waals surface area contributed by atoms with Crippen LogP contribution in [0.2, 0.25) is 5.02 Å². The Bertz CT molecular complexity index is 375. The quantitative estimate of drug-likeness (QED) is 0.825. The molecule has 1 fully saturated rings. The van der Waals surface area contributed by atoms with Crippen LogP contribution < -0.4 is 10.6 Å². The van der Waals surface area contributed by atoms with E-state index >= 15 is 0 Å². The predicted molar refractivity (Wildman–Crippen MR) is 64.8 cm³/mol. The second-order valence-corrected chi connectivity index (χ2v) is 4.40. The summed E-state index contributed by atoms with van der Waals surface area (Å²) in [5.41, 5.74) is 0.551.